The predicted molar refractivity (Wildman–Crippen MR) is 143 cm³/mol. The normalized spacial score (nSPS) is 14.8. The molecule has 1 aliphatic rings. The first-order valence-corrected chi connectivity index (χ1v) is 12.1. The summed E-state index contributed by atoms with van der Waals surface area (Å²) in [5.41, 5.74) is 3.17. The Bertz CT molecular complexity index is 1770. The molecule has 0 radical (unpaired) electrons. The van der Waals surface area contributed by atoms with Gasteiger partial charge in [0.2, 0.25) is 6.17 Å². The third-order valence-corrected chi connectivity index (χ3v) is 6.35. The maximum atomic E-state index is 15.0. The van der Waals surface area contributed by atoms with Crippen LogP contribution in [0.2, 0.25) is 0 Å². The van der Waals surface area contributed by atoms with Crippen LogP contribution < -0.4 is 10.6 Å². The quantitative estimate of drug-likeness (QED) is 0.327. The molecule has 192 valence electrons. The van der Waals surface area contributed by atoms with Crippen molar-refractivity contribution in [1.29, 1.82) is 0 Å². The number of aliphatic hydroxyl groups is 1. The number of hydrogen-bond acceptors (Lipinski definition) is 6. The first kappa shape index (κ1) is 24.1. The fourth-order valence-electron chi connectivity index (χ4n) is 4.51. The number of aromatic nitrogens is 3. The topological polar surface area (TPSA) is 121 Å². The Morgan fingerprint density at radius 3 is 2.64 bits per heavy atom. The van der Waals surface area contributed by atoms with Crippen LogP contribution in [0.1, 0.15) is 27.0 Å². The van der Waals surface area contributed by atoms with E-state index in [4.69, 9.17) is 0 Å². The molecule has 39 heavy (non-hydrogen) atoms. The molecule has 0 saturated heterocycles. The molecule has 9 nitrogen and oxygen atoms in total. The summed E-state index contributed by atoms with van der Waals surface area (Å²) in [7, 11) is 0. The summed E-state index contributed by atoms with van der Waals surface area (Å²) in [4.78, 5) is 36.0. The highest BCUT2D eigenvalue weighted by Gasteiger charge is 2.31. The molecule has 1 aliphatic heterocycles. The van der Waals surface area contributed by atoms with Crippen LogP contribution in [0.3, 0.4) is 0 Å². The second-order valence-corrected chi connectivity index (χ2v) is 8.84. The van der Waals surface area contributed by atoms with Crippen LogP contribution in [0.5, 0.6) is 0 Å². The average molecular weight is 521 g/mol. The molecule has 2 aromatic heterocycles. The second kappa shape index (κ2) is 9.92. The third kappa shape index (κ3) is 4.42. The molecule has 0 spiro atoms. The van der Waals surface area contributed by atoms with Crippen LogP contribution >= 0.6 is 0 Å². The largest absolute Gasteiger partial charge is 0.392 e. The van der Waals surface area contributed by atoms with E-state index in [1.165, 1.54) is 28.9 Å². The lowest BCUT2D eigenvalue weighted by Crippen LogP contribution is -2.42. The Labute approximate surface area is 221 Å². The van der Waals surface area contributed by atoms with Gasteiger partial charge in [-0.05, 0) is 29.8 Å². The van der Waals surface area contributed by atoms with Crippen molar-refractivity contribution in [3.63, 3.8) is 0 Å². The number of carbonyl (C=O) groups excluding carboxylic acids is 2. The number of aliphatic hydroxyl groups excluding tert-OH is 1. The zero-order valence-electron chi connectivity index (χ0n) is 20.4. The van der Waals surface area contributed by atoms with Crippen molar-refractivity contribution >= 4 is 28.9 Å². The lowest BCUT2D eigenvalue weighted by atomic mass is 10.0. The van der Waals surface area contributed by atoms with Gasteiger partial charge in [0, 0.05) is 29.1 Å². The van der Waals surface area contributed by atoms with Crippen LogP contribution in [0.15, 0.2) is 96.2 Å². The number of benzene rings is 3. The zero-order chi connectivity index (χ0) is 26.9. The number of para-hydroxylation sites is 1. The van der Waals surface area contributed by atoms with Gasteiger partial charge < -0.3 is 15.7 Å². The van der Waals surface area contributed by atoms with E-state index < -0.39 is 23.8 Å². The van der Waals surface area contributed by atoms with E-state index in [1.54, 1.807) is 24.4 Å². The molecule has 0 fully saturated rings. The van der Waals surface area contributed by atoms with Gasteiger partial charge in [0.25, 0.3) is 11.8 Å². The number of anilines is 1. The first-order chi connectivity index (χ1) is 19.0. The molecule has 5 aromatic rings. The number of amides is 2. The maximum Gasteiger partial charge on any atom is 0.269 e. The number of benzodiazepines with no additional fused rings is 1. The van der Waals surface area contributed by atoms with Crippen molar-refractivity contribution in [3.8, 4) is 11.3 Å². The number of aliphatic imine (C=N–C) groups is 1. The maximum absolute atomic E-state index is 15.0. The number of nitrogens with one attached hydrogen (secondary N) is 2. The van der Waals surface area contributed by atoms with Crippen molar-refractivity contribution in [2.75, 3.05) is 5.32 Å². The molecule has 10 heteroatoms. The van der Waals surface area contributed by atoms with Crippen LogP contribution in [0, 0.1) is 5.82 Å². The van der Waals surface area contributed by atoms with E-state index in [-0.39, 0.29) is 29.1 Å². The molecule has 3 aromatic carbocycles. The molecule has 0 unspecified atom stereocenters. The van der Waals surface area contributed by atoms with Gasteiger partial charge in [0.05, 0.1) is 18.0 Å². The Morgan fingerprint density at radius 2 is 1.82 bits per heavy atom. The van der Waals surface area contributed by atoms with Crippen molar-refractivity contribution in [1.82, 2.24) is 19.9 Å². The molecule has 3 N–H and O–H groups in total. The van der Waals surface area contributed by atoms with Gasteiger partial charge in [-0.1, -0.05) is 54.6 Å². The minimum atomic E-state index is -1.31. The third-order valence-electron chi connectivity index (χ3n) is 6.35. The van der Waals surface area contributed by atoms with Gasteiger partial charge in [0.15, 0.2) is 5.65 Å². The van der Waals surface area contributed by atoms with Crippen LogP contribution in [0.25, 0.3) is 16.9 Å². The summed E-state index contributed by atoms with van der Waals surface area (Å²) < 4.78 is 16.3. The summed E-state index contributed by atoms with van der Waals surface area (Å²) in [6, 6.07) is 22.3. The zero-order valence-corrected chi connectivity index (χ0v) is 20.4. The van der Waals surface area contributed by atoms with Gasteiger partial charge in [-0.3, -0.25) is 9.59 Å². The predicted octanol–water partition coefficient (Wildman–Crippen LogP) is 3.57. The molecule has 3 heterocycles. The van der Waals surface area contributed by atoms with Crippen LogP contribution in [-0.4, -0.2) is 43.4 Å². The molecule has 1 atom stereocenters. The highest BCUT2D eigenvalue weighted by molar-refractivity contribution is 6.20. The SMILES string of the molecule is O=C(N[C@H]1N=C(c2ccccc2)c2ccccc2NC1=O)c1c(-c2cc(CO)ccc2F)nn2cccnc12. The summed E-state index contributed by atoms with van der Waals surface area (Å²) in [5.74, 6) is -1.88. The molecular formula is C29H21FN6O3. The van der Waals surface area contributed by atoms with E-state index in [0.717, 1.165) is 5.56 Å². The Kier molecular flexibility index (Phi) is 6.14. The van der Waals surface area contributed by atoms with Gasteiger partial charge in [-0.15, -0.1) is 0 Å². The minimum absolute atomic E-state index is 0.0170. The summed E-state index contributed by atoms with van der Waals surface area (Å²) in [6.45, 7) is -0.319. The smallest absolute Gasteiger partial charge is 0.269 e. The lowest BCUT2D eigenvalue weighted by Gasteiger charge is -2.14. The number of halogens is 1. The van der Waals surface area contributed by atoms with E-state index >= 15 is 0 Å². The number of carbonyl (C=O) groups is 2. The Balaban J connectivity index is 1.46. The molecule has 6 rings (SSSR count). The van der Waals surface area contributed by atoms with Crippen LogP contribution in [-0.2, 0) is 11.4 Å². The van der Waals surface area contributed by atoms with Gasteiger partial charge in [-0.25, -0.2) is 18.9 Å². The van der Waals surface area contributed by atoms with Gasteiger partial charge >= 0.3 is 0 Å². The van der Waals surface area contributed by atoms with E-state index in [0.29, 0.717) is 22.5 Å². The standard InChI is InChI=1S/C29H21FN6O3/c30-21-12-11-17(16-37)15-20(21)25-23(27-31-13-6-14-36(27)35-25)28(38)34-26-29(39)32-22-10-5-4-9-19(22)24(33-26)18-7-2-1-3-8-18/h1-15,26,37H,16H2,(H,32,39)(H,34,38)/t26-/m1/s1. The highest BCUT2D eigenvalue weighted by Crippen LogP contribution is 2.29. The minimum Gasteiger partial charge on any atom is -0.392 e. The second-order valence-electron chi connectivity index (χ2n) is 8.84. The van der Waals surface area contributed by atoms with Crippen LogP contribution in [0.4, 0.5) is 10.1 Å². The van der Waals surface area contributed by atoms with E-state index in [1.807, 2.05) is 42.5 Å². The molecule has 2 amide bonds. The van der Waals surface area contributed by atoms with Crippen molar-refractivity contribution in [2.24, 2.45) is 4.99 Å². The van der Waals surface area contributed by atoms with E-state index in [9.17, 15) is 19.1 Å². The number of fused-ring (bicyclic) bond motifs is 2. The monoisotopic (exact) mass is 520 g/mol. The summed E-state index contributed by atoms with van der Waals surface area (Å²) >= 11 is 0. The number of nitrogens with zero attached hydrogens (tertiary/aromatic N) is 4. The summed E-state index contributed by atoms with van der Waals surface area (Å²) in [6.07, 6.45) is 1.76. The highest BCUT2D eigenvalue weighted by atomic mass is 19.1. The molecule has 0 aliphatic carbocycles. The van der Waals surface area contributed by atoms with Crippen molar-refractivity contribution in [3.05, 3.63) is 119 Å². The van der Waals surface area contributed by atoms with Crippen molar-refractivity contribution < 1.29 is 19.1 Å². The number of hydrogen-bond donors (Lipinski definition) is 3. The van der Waals surface area contributed by atoms with Gasteiger partial charge in [-0.2, -0.15) is 5.10 Å². The average Bonchev–Trinajstić information content (AvgIpc) is 3.29. The fraction of sp³-hybridized carbons (Fsp3) is 0.0690. The number of rotatable bonds is 5. The lowest BCUT2D eigenvalue weighted by molar-refractivity contribution is -0.117. The van der Waals surface area contributed by atoms with Crippen molar-refractivity contribution in [2.45, 2.75) is 12.8 Å². The van der Waals surface area contributed by atoms with E-state index in [2.05, 4.69) is 25.7 Å². The van der Waals surface area contributed by atoms with Gasteiger partial charge in [0.1, 0.15) is 17.1 Å². The fourth-order valence-corrected chi connectivity index (χ4v) is 4.51. The molecule has 0 bridgehead atoms. The Hall–Kier alpha value is -5.22. The Morgan fingerprint density at radius 1 is 1.03 bits per heavy atom. The first-order valence-electron chi connectivity index (χ1n) is 12.1. The molecular weight excluding hydrogens is 499 g/mol. The summed E-state index contributed by atoms with van der Waals surface area (Å²) in [5, 5.41) is 19.5. The molecule has 0 saturated carbocycles.